The second-order valence-corrected chi connectivity index (χ2v) is 12.7. The van der Waals surface area contributed by atoms with Crippen molar-refractivity contribution in [3.63, 3.8) is 0 Å². The number of rotatable bonds is 4. The molecule has 0 atom stereocenters. The second-order valence-electron chi connectivity index (χ2n) is 12.7. The van der Waals surface area contributed by atoms with Gasteiger partial charge in [0, 0.05) is 22.6 Å². The normalized spacial score (nSPS) is 11.1. The highest BCUT2D eigenvalue weighted by atomic mass is 16.1. The Morgan fingerprint density at radius 2 is 0.911 bits per heavy atom. The molecule has 0 amide bonds. The van der Waals surface area contributed by atoms with Crippen LogP contribution in [0.25, 0.3) is 21.5 Å². The van der Waals surface area contributed by atoms with E-state index in [-0.39, 0.29) is 10.8 Å². The zero-order valence-electron chi connectivity index (χ0n) is 29.8. The van der Waals surface area contributed by atoms with Crippen LogP contribution in [0.2, 0.25) is 0 Å². The van der Waals surface area contributed by atoms with Crippen molar-refractivity contribution in [1.82, 2.24) is 0 Å². The van der Waals surface area contributed by atoms with Crippen molar-refractivity contribution in [2.75, 3.05) is 4.90 Å². The van der Waals surface area contributed by atoms with Crippen molar-refractivity contribution >= 4 is 44.9 Å². The largest absolute Gasteiger partial charge is 0.310 e. The lowest BCUT2D eigenvalue weighted by molar-refractivity contribution is 0.112. The van der Waals surface area contributed by atoms with Crippen molar-refractivity contribution in [2.24, 2.45) is 0 Å². The smallest absolute Gasteiger partial charge is 0.150 e. The molecule has 0 bridgehead atoms. The minimum Gasteiger partial charge on any atom is -0.310 e. The Balaban J connectivity index is 0.000000804. The summed E-state index contributed by atoms with van der Waals surface area (Å²) in [5, 5.41) is 4.61. The van der Waals surface area contributed by atoms with Crippen molar-refractivity contribution in [1.29, 1.82) is 0 Å². The summed E-state index contributed by atoms with van der Waals surface area (Å²) in [4.78, 5) is 13.7. The van der Waals surface area contributed by atoms with E-state index in [0.29, 0.717) is 5.56 Å². The Hall–Kier alpha value is -4.17. The molecule has 0 N–H and O–H groups in total. The monoisotopic (exact) mass is 601 g/mol. The topological polar surface area (TPSA) is 20.3 Å². The van der Waals surface area contributed by atoms with Crippen LogP contribution < -0.4 is 4.90 Å². The standard InChI is InChI=1S/C35H35NO.C4H8.2C2H6/c1-34(2,3)29-20-30(35(4,5)6)22-33(21-29)36(31-15-13-25-9-7-8-10-26(25)18-31)32-16-14-27-17-24(23-37)11-12-28(27)19-32;1-3-4-2;2*1-2/h7-23H,1-6H3;3-4H,1-2H3;2*1-2H3/b;4-3-;;. The first kappa shape index (κ1) is 37.0. The van der Waals surface area contributed by atoms with E-state index in [9.17, 15) is 4.79 Å². The zero-order valence-corrected chi connectivity index (χ0v) is 29.8. The molecule has 5 aromatic rings. The summed E-state index contributed by atoms with van der Waals surface area (Å²) in [6, 6.07) is 34.6. The zero-order chi connectivity index (χ0) is 33.8. The van der Waals surface area contributed by atoms with E-state index in [1.807, 2.05) is 71.9 Å². The molecule has 45 heavy (non-hydrogen) atoms. The molecule has 0 aromatic heterocycles. The highest BCUT2D eigenvalue weighted by molar-refractivity contribution is 5.94. The lowest BCUT2D eigenvalue weighted by Crippen LogP contribution is -2.19. The number of carbonyl (C=O) groups is 1. The van der Waals surface area contributed by atoms with Gasteiger partial charge in [0.05, 0.1) is 0 Å². The molecule has 0 aliphatic heterocycles. The Morgan fingerprint density at radius 3 is 1.38 bits per heavy atom. The first-order valence-electron chi connectivity index (χ1n) is 16.5. The molecule has 0 saturated carbocycles. The number of anilines is 3. The third-order valence-electron chi connectivity index (χ3n) is 7.47. The SMILES string of the molecule is C/C=C\C.CC.CC.CC(C)(C)c1cc(N(c2ccc3ccccc3c2)c2ccc3cc(C=O)ccc3c2)cc(C(C)(C)C)c1. The molecule has 5 rings (SSSR count). The summed E-state index contributed by atoms with van der Waals surface area (Å²) >= 11 is 0. The Kier molecular flexibility index (Phi) is 13.8. The number of hydrogen-bond acceptors (Lipinski definition) is 2. The molecule has 0 heterocycles. The third-order valence-corrected chi connectivity index (χ3v) is 7.47. The Bertz CT molecular complexity index is 1660. The van der Waals surface area contributed by atoms with E-state index in [0.717, 1.165) is 34.1 Å². The maximum atomic E-state index is 11.3. The number of carbonyl (C=O) groups excluding carboxylic acids is 1. The predicted octanol–water partition coefficient (Wildman–Crippen LogP) is 13.5. The van der Waals surface area contributed by atoms with Crippen LogP contribution in [0.3, 0.4) is 0 Å². The van der Waals surface area contributed by atoms with E-state index in [1.165, 1.54) is 21.9 Å². The van der Waals surface area contributed by atoms with Crippen molar-refractivity contribution in [2.45, 2.75) is 93.9 Å². The molecule has 0 aliphatic rings. The first-order chi connectivity index (χ1) is 21.4. The van der Waals surface area contributed by atoms with Gasteiger partial charge in [0.2, 0.25) is 0 Å². The fourth-order valence-corrected chi connectivity index (χ4v) is 4.83. The fourth-order valence-electron chi connectivity index (χ4n) is 4.83. The molecule has 0 aliphatic carbocycles. The van der Waals surface area contributed by atoms with Gasteiger partial charge < -0.3 is 4.90 Å². The van der Waals surface area contributed by atoms with E-state index in [2.05, 4.69) is 125 Å². The highest BCUT2D eigenvalue weighted by Crippen LogP contribution is 2.41. The van der Waals surface area contributed by atoms with Crippen LogP contribution in [0.15, 0.2) is 109 Å². The molecule has 238 valence electrons. The summed E-state index contributed by atoms with van der Waals surface area (Å²) in [6.07, 6.45) is 4.90. The number of nitrogens with zero attached hydrogens (tertiary/aromatic N) is 1. The van der Waals surface area contributed by atoms with Crippen LogP contribution in [-0.4, -0.2) is 6.29 Å². The van der Waals surface area contributed by atoms with Gasteiger partial charge in [-0.1, -0.05) is 136 Å². The minimum atomic E-state index is 0.0136. The molecule has 0 fully saturated rings. The molecule has 0 saturated heterocycles. The fraction of sp³-hybridized carbons (Fsp3) is 0.326. The number of allylic oxidation sites excluding steroid dienone is 2. The first-order valence-corrected chi connectivity index (χ1v) is 16.5. The average Bonchev–Trinajstić information content (AvgIpc) is 3.05. The van der Waals surface area contributed by atoms with E-state index in [1.54, 1.807) is 0 Å². The van der Waals surface area contributed by atoms with Crippen LogP contribution in [-0.2, 0) is 10.8 Å². The number of aldehydes is 1. The lowest BCUT2D eigenvalue weighted by atomic mass is 9.80. The van der Waals surface area contributed by atoms with Gasteiger partial charge in [-0.3, -0.25) is 4.79 Å². The van der Waals surface area contributed by atoms with E-state index < -0.39 is 0 Å². The van der Waals surface area contributed by atoms with Crippen molar-refractivity contribution in [3.8, 4) is 0 Å². The molecule has 0 unspecified atom stereocenters. The summed E-state index contributed by atoms with van der Waals surface area (Å²) in [7, 11) is 0. The van der Waals surface area contributed by atoms with E-state index in [4.69, 9.17) is 0 Å². The summed E-state index contributed by atoms with van der Waals surface area (Å²) in [6.45, 7) is 25.7. The van der Waals surface area contributed by atoms with Gasteiger partial charge in [0.1, 0.15) is 6.29 Å². The molecule has 5 aromatic carbocycles. The summed E-state index contributed by atoms with van der Waals surface area (Å²) < 4.78 is 0. The van der Waals surface area contributed by atoms with Crippen molar-refractivity contribution < 1.29 is 4.79 Å². The molecule has 0 spiro atoms. The molecular weight excluding hydrogens is 546 g/mol. The molecule has 2 nitrogen and oxygen atoms in total. The quantitative estimate of drug-likeness (QED) is 0.151. The maximum Gasteiger partial charge on any atom is 0.150 e. The lowest BCUT2D eigenvalue weighted by Gasteiger charge is -2.31. The number of fused-ring (bicyclic) bond motifs is 2. The predicted molar refractivity (Wildman–Crippen MR) is 202 cm³/mol. The molecule has 2 heteroatoms. The van der Waals surface area contributed by atoms with Crippen LogP contribution >= 0.6 is 0 Å². The van der Waals surface area contributed by atoms with Crippen LogP contribution in [0, 0.1) is 0 Å². The van der Waals surface area contributed by atoms with Crippen LogP contribution in [0.1, 0.15) is 105 Å². The van der Waals surface area contributed by atoms with E-state index >= 15 is 0 Å². The second kappa shape index (κ2) is 16.8. The van der Waals surface area contributed by atoms with Gasteiger partial charge in [-0.15, -0.1) is 0 Å². The number of benzene rings is 5. The van der Waals surface area contributed by atoms with Crippen LogP contribution in [0.5, 0.6) is 0 Å². The average molecular weight is 602 g/mol. The molecule has 0 radical (unpaired) electrons. The maximum absolute atomic E-state index is 11.3. The summed E-state index contributed by atoms with van der Waals surface area (Å²) in [5.41, 5.74) is 6.71. The van der Waals surface area contributed by atoms with Gasteiger partial charge in [-0.25, -0.2) is 0 Å². The van der Waals surface area contributed by atoms with Gasteiger partial charge in [0.25, 0.3) is 0 Å². The van der Waals surface area contributed by atoms with Crippen molar-refractivity contribution in [3.05, 3.63) is 126 Å². The summed E-state index contributed by atoms with van der Waals surface area (Å²) in [5.74, 6) is 0. The van der Waals surface area contributed by atoms with Gasteiger partial charge >= 0.3 is 0 Å². The minimum absolute atomic E-state index is 0.0136. The highest BCUT2D eigenvalue weighted by Gasteiger charge is 2.23. The van der Waals surface area contributed by atoms with Gasteiger partial charge in [-0.05, 0) is 99.8 Å². The molecular formula is C43H55NO. The number of hydrogen-bond donors (Lipinski definition) is 0. The van der Waals surface area contributed by atoms with Gasteiger partial charge in [-0.2, -0.15) is 0 Å². The van der Waals surface area contributed by atoms with Crippen LogP contribution in [0.4, 0.5) is 17.1 Å². The Morgan fingerprint density at radius 1 is 0.489 bits per heavy atom. The van der Waals surface area contributed by atoms with Gasteiger partial charge in [0.15, 0.2) is 0 Å². The Labute approximate surface area is 273 Å². The third kappa shape index (κ3) is 9.66.